The van der Waals surface area contributed by atoms with Crippen molar-refractivity contribution in [3.63, 3.8) is 0 Å². The number of benzene rings is 9. The first-order chi connectivity index (χ1) is 24.8. The molecule has 1 heterocycles. The predicted octanol–water partition coefficient (Wildman–Crippen LogP) is 13.8. The first-order valence-corrected chi connectivity index (χ1v) is 17.1. The van der Waals surface area contributed by atoms with Crippen LogP contribution in [0.25, 0.3) is 76.5 Å². The van der Waals surface area contributed by atoms with Crippen molar-refractivity contribution < 1.29 is 4.42 Å². The molecule has 0 bridgehead atoms. The number of anilines is 3. The number of para-hydroxylation sites is 1. The van der Waals surface area contributed by atoms with E-state index in [0.29, 0.717) is 0 Å². The van der Waals surface area contributed by atoms with Crippen LogP contribution in [0.5, 0.6) is 0 Å². The molecule has 0 radical (unpaired) electrons. The molecule has 0 amide bonds. The molecule has 0 spiro atoms. The molecule has 10 rings (SSSR count). The van der Waals surface area contributed by atoms with Gasteiger partial charge in [0.05, 0.1) is 11.1 Å². The lowest BCUT2D eigenvalue weighted by molar-refractivity contribution is 0.669. The Hall–Kier alpha value is -6.64. The maximum absolute atomic E-state index is 6.33. The highest BCUT2D eigenvalue weighted by Gasteiger charge is 2.19. The highest BCUT2D eigenvalue weighted by molar-refractivity contribution is 6.17. The third kappa shape index (κ3) is 4.65. The molecule has 0 N–H and O–H groups in total. The molecule has 1 aromatic heterocycles. The molecule has 0 fully saturated rings. The number of furan rings is 1. The average molecular weight is 638 g/mol. The van der Waals surface area contributed by atoms with Crippen molar-refractivity contribution in [1.29, 1.82) is 0 Å². The second-order valence-electron chi connectivity index (χ2n) is 12.9. The predicted molar refractivity (Wildman–Crippen MR) is 212 cm³/mol. The zero-order valence-electron chi connectivity index (χ0n) is 27.3. The number of rotatable bonds is 5. The van der Waals surface area contributed by atoms with E-state index in [2.05, 4.69) is 181 Å². The zero-order valence-corrected chi connectivity index (χ0v) is 27.3. The number of fused-ring (bicyclic) bond motifs is 8. The number of nitrogens with zero attached hydrogens (tertiary/aromatic N) is 1. The van der Waals surface area contributed by atoms with Gasteiger partial charge in [-0.1, -0.05) is 140 Å². The van der Waals surface area contributed by atoms with E-state index in [0.717, 1.165) is 39.0 Å². The summed E-state index contributed by atoms with van der Waals surface area (Å²) in [5.74, 6) is 0. The van der Waals surface area contributed by atoms with Gasteiger partial charge in [0.25, 0.3) is 0 Å². The van der Waals surface area contributed by atoms with Crippen molar-refractivity contribution in [1.82, 2.24) is 0 Å². The normalized spacial score (nSPS) is 11.6. The van der Waals surface area contributed by atoms with E-state index in [1.807, 2.05) is 12.1 Å². The summed E-state index contributed by atoms with van der Waals surface area (Å²) in [4.78, 5) is 2.35. The van der Waals surface area contributed by atoms with E-state index in [1.54, 1.807) is 0 Å². The lowest BCUT2D eigenvalue weighted by Crippen LogP contribution is -2.10. The van der Waals surface area contributed by atoms with Crippen molar-refractivity contribution in [2.45, 2.75) is 0 Å². The van der Waals surface area contributed by atoms with Crippen molar-refractivity contribution in [2.75, 3.05) is 4.90 Å². The molecule has 0 saturated carbocycles. The minimum atomic E-state index is 0.878. The first-order valence-electron chi connectivity index (χ1n) is 17.1. The fraction of sp³-hybridized carbons (Fsp3) is 0. The van der Waals surface area contributed by atoms with Gasteiger partial charge in [-0.15, -0.1) is 0 Å². The Morgan fingerprint density at radius 2 is 0.860 bits per heavy atom. The van der Waals surface area contributed by atoms with E-state index in [4.69, 9.17) is 4.42 Å². The van der Waals surface area contributed by atoms with Crippen molar-refractivity contribution in [3.8, 4) is 22.3 Å². The first kappa shape index (κ1) is 28.4. The van der Waals surface area contributed by atoms with E-state index in [-0.39, 0.29) is 0 Å². The van der Waals surface area contributed by atoms with Gasteiger partial charge in [0.15, 0.2) is 0 Å². The van der Waals surface area contributed by atoms with E-state index in [1.165, 1.54) is 54.6 Å². The number of hydrogen-bond donors (Lipinski definition) is 0. The van der Waals surface area contributed by atoms with Gasteiger partial charge in [0, 0.05) is 16.8 Å². The highest BCUT2D eigenvalue weighted by Crippen LogP contribution is 2.43. The van der Waals surface area contributed by atoms with Crippen LogP contribution in [-0.4, -0.2) is 0 Å². The van der Waals surface area contributed by atoms with Gasteiger partial charge in [-0.3, -0.25) is 0 Å². The summed E-state index contributed by atoms with van der Waals surface area (Å²) < 4.78 is 6.33. The Balaban J connectivity index is 1.08. The third-order valence-corrected chi connectivity index (χ3v) is 10.1. The molecule has 0 aliphatic rings. The molecule has 0 unspecified atom stereocenters. The van der Waals surface area contributed by atoms with Gasteiger partial charge < -0.3 is 9.32 Å². The van der Waals surface area contributed by atoms with Crippen LogP contribution in [0, 0.1) is 0 Å². The molecule has 0 aliphatic carbocycles. The van der Waals surface area contributed by atoms with E-state index >= 15 is 0 Å². The van der Waals surface area contributed by atoms with E-state index < -0.39 is 0 Å². The maximum atomic E-state index is 6.33. The minimum Gasteiger partial charge on any atom is -0.456 e. The molecule has 0 aliphatic heterocycles. The van der Waals surface area contributed by atoms with Crippen LogP contribution in [0.1, 0.15) is 0 Å². The van der Waals surface area contributed by atoms with Gasteiger partial charge in [0.1, 0.15) is 11.2 Å². The highest BCUT2D eigenvalue weighted by atomic mass is 16.3. The molecule has 0 saturated heterocycles. The SMILES string of the molecule is c1ccc(-c2ccc(N(c3ccc(-c4ccc5c(ccc6c7ccccc7ccc56)c4)cc3)c3cccc4oc5ccccc5c34)cc2)cc1. The molecule has 0 atom stereocenters. The summed E-state index contributed by atoms with van der Waals surface area (Å²) in [6.07, 6.45) is 0. The van der Waals surface area contributed by atoms with Gasteiger partial charge in [-0.25, -0.2) is 0 Å². The summed E-state index contributed by atoms with van der Waals surface area (Å²) >= 11 is 0. The van der Waals surface area contributed by atoms with Crippen LogP contribution in [0.2, 0.25) is 0 Å². The largest absolute Gasteiger partial charge is 0.456 e. The Morgan fingerprint density at radius 3 is 1.62 bits per heavy atom. The molecule has 234 valence electrons. The molecule has 2 nitrogen and oxygen atoms in total. The Kier molecular flexibility index (Phi) is 6.53. The monoisotopic (exact) mass is 637 g/mol. The van der Waals surface area contributed by atoms with Crippen molar-refractivity contribution >= 4 is 71.3 Å². The smallest absolute Gasteiger partial charge is 0.137 e. The van der Waals surface area contributed by atoms with Crippen LogP contribution < -0.4 is 4.90 Å². The molecule has 10 aromatic rings. The van der Waals surface area contributed by atoms with Crippen molar-refractivity contribution in [2.24, 2.45) is 0 Å². The van der Waals surface area contributed by atoms with Gasteiger partial charge in [-0.05, 0) is 103 Å². The second kappa shape index (κ2) is 11.5. The Bertz CT molecular complexity index is 2850. The second-order valence-corrected chi connectivity index (χ2v) is 12.9. The summed E-state index contributed by atoms with van der Waals surface area (Å²) in [6, 6.07) is 67.5. The van der Waals surface area contributed by atoms with Crippen molar-refractivity contribution in [3.05, 3.63) is 188 Å². The van der Waals surface area contributed by atoms with Gasteiger partial charge >= 0.3 is 0 Å². The summed E-state index contributed by atoms with van der Waals surface area (Å²) in [6.45, 7) is 0. The fourth-order valence-electron chi connectivity index (χ4n) is 7.61. The lowest BCUT2D eigenvalue weighted by Gasteiger charge is -2.26. The quantitative estimate of drug-likeness (QED) is 0.175. The lowest BCUT2D eigenvalue weighted by atomic mass is 9.95. The molecule has 2 heteroatoms. The Morgan fingerprint density at radius 1 is 0.320 bits per heavy atom. The molecule has 9 aromatic carbocycles. The number of hydrogen-bond acceptors (Lipinski definition) is 2. The summed E-state index contributed by atoms with van der Waals surface area (Å²) in [7, 11) is 0. The molecular weight excluding hydrogens is 607 g/mol. The molecular formula is C48H31NO. The molecule has 50 heavy (non-hydrogen) atoms. The van der Waals surface area contributed by atoms with E-state index in [9.17, 15) is 0 Å². The standard InChI is InChI=1S/C48H31NO/c1-2-9-32(10-3-1)33-17-24-38(25-18-33)49(45-14-8-16-47-48(45)44-13-6-7-15-46(44)50-47)39-26-19-34(20-27-39)36-22-28-41-37(31-36)23-30-42-40-12-5-4-11-35(40)21-29-43(41)42/h1-31H. The fourth-order valence-corrected chi connectivity index (χ4v) is 7.61. The topological polar surface area (TPSA) is 16.4 Å². The zero-order chi connectivity index (χ0) is 33.0. The van der Waals surface area contributed by atoms with Crippen LogP contribution in [-0.2, 0) is 0 Å². The van der Waals surface area contributed by atoms with Crippen LogP contribution >= 0.6 is 0 Å². The Labute approximate surface area is 290 Å². The van der Waals surface area contributed by atoms with Crippen LogP contribution in [0.15, 0.2) is 192 Å². The summed E-state index contributed by atoms with van der Waals surface area (Å²) in [5, 5.41) is 9.89. The van der Waals surface area contributed by atoms with Crippen LogP contribution in [0.3, 0.4) is 0 Å². The third-order valence-electron chi connectivity index (χ3n) is 10.1. The minimum absolute atomic E-state index is 0.878. The maximum Gasteiger partial charge on any atom is 0.137 e. The summed E-state index contributed by atoms with van der Waals surface area (Å²) in [5.41, 5.74) is 9.79. The van der Waals surface area contributed by atoms with Gasteiger partial charge in [0.2, 0.25) is 0 Å². The van der Waals surface area contributed by atoms with Gasteiger partial charge in [-0.2, -0.15) is 0 Å². The van der Waals surface area contributed by atoms with Crippen LogP contribution in [0.4, 0.5) is 17.1 Å². The average Bonchev–Trinajstić information content (AvgIpc) is 3.58.